The van der Waals surface area contributed by atoms with E-state index in [0.717, 1.165) is 6.54 Å². The highest BCUT2D eigenvalue weighted by molar-refractivity contribution is 4.92. The van der Waals surface area contributed by atoms with Gasteiger partial charge in [0, 0.05) is 18.6 Å². The Kier molecular flexibility index (Phi) is 5.87. The molecule has 1 aliphatic rings. The van der Waals surface area contributed by atoms with Crippen molar-refractivity contribution in [2.75, 3.05) is 26.2 Å². The Morgan fingerprint density at radius 1 is 1.28 bits per heavy atom. The molecule has 0 atom stereocenters. The lowest BCUT2D eigenvalue weighted by Crippen LogP contribution is -2.50. The first-order valence-electron chi connectivity index (χ1n) is 7.50. The molecule has 2 nitrogen and oxygen atoms in total. The topological polar surface area (TPSA) is 15.3 Å². The first-order chi connectivity index (χ1) is 8.43. The van der Waals surface area contributed by atoms with Gasteiger partial charge in [0.2, 0.25) is 0 Å². The van der Waals surface area contributed by atoms with Crippen molar-refractivity contribution in [3.05, 3.63) is 12.7 Å². The maximum Gasteiger partial charge on any atom is 0.0166 e. The maximum absolute atomic E-state index is 3.92. The molecule has 1 N–H and O–H groups in total. The second-order valence-corrected chi connectivity index (χ2v) is 6.84. The molecule has 18 heavy (non-hydrogen) atoms. The number of rotatable bonds is 6. The zero-order chi connectivity index (χ0) is 13.6. The molecular formula is C16H32N2. The molecule has 0 amide bonds. The van der Waals surface area contributed by atoms with Crippen LogP contribution in [0.2, 0.25) is 0 Å². The predicted octanol–water partition coefficient (Wildman–Crippen LogP) is 3.44. The largest absolute Gasteiger partial charge is 0.317 e. The van der Waals surface area contributed by atoms with E-state index in [4.69, 9.17) is 0 Å². The summed E-state index contributed by atoms with van der Waals surface area (Å²) in [4.78, 5) is 2.60. The van der Waals surface area contributed by atoms with Gasteiger partial charge in [-0.25, -0.2) is 0 Å². The monoisotopic (exact) mass is 252 g/mol. The van der Waals surface area contributed by atoms with Gasteiger partial charge >= 0.3 is 0 Å². The van der Waals surface area contributed by atoms with Crippen molar-refractivity contribution in [3.63, 3.8) is 0 Å². The van der Waals surface area contributed by atoms with E-state index in [1.165, 1.54) is 45.3 Å². The fourth-order valence-electron chi connectivity index (χ4n) is 3.11. The fourth-order valence-corrected chi connectivity index (χ4v) is 3.11. The van der Waals surface area contributed by atoms with Gasteiger partial charge in [0.15, 0.2) is 0 Å². The van der Waals surface area contributed by atoms with Gasteiger partial charge in [0.25, 0.3) is 0 Å². The molecule has 0 aliphatic carbocycles. The molecule has 0 unspecified atom stereocenters. The van der Waals surface area contributed by atoms with Crippen LogP contribution in [-0.4, -0.2) is 36.6 Å². The first kappa shape index (κ1) is 15.7. The lowest BCUT2D eigenvalue weighted by atomic mass is 9.74. The standard InChI is InChI=1S/C16H32N2/c1-6-8-16(9-11-17-12-10-16)14-18(13-7-2)15(3,4)5/h7,17H,2,6,8-14H2,1,3-5H3. The summed E-state index contributed by atoms with van der Waals surface area (Å²) in [5, 5.41) is 3.50. The highest BCUT2D eigenvalue weighted by Crippen LogP contribution is 2.36. The lowest BCUT2D eigenvalue weighted by molar-refractivity contribution is 0.0534. The molecule has 0 aromatic rings. The maximum atomic E-state index is 3.92. The van der Waals surface area contributed by atoms with E-state index < -0.39 is 0 Å². The van der Waals surface area contributed by atoms with Crippen LogP contribution in [0.3, 0.4) is 0 Å². The summed E-state index contributed by atoms with van der Waals surface area (Å²) < 4.78 is 0. The third-order valence-electron chi connectivity index (χ3n) is 4.27. The summed E-state index contributed by atoms with van der Waals surface area (Å²) in [6.07, 6.45) is 7.35. The molecule has 0 aromatic carbocycles. The molecular weight excluding hydrogens is 220 g/mol. The molecule has 1 saturated heterocycles. The predicted molar refractivity (Wildman–Crippen MR) is 81.0 cm³/mol. The second-order valence-electron chi connectivity index (χ2n) is 6.84. The van der Waals surface area contributed by atoms with Crippen LogP contribution >= 0.6 is 0 Å². The van der Waals surface area contributed by atoms with Crippen molar-refractivity contribution in [3.8, 4) is 0 Å². The minimum absolute atomic E-state index is 0.236. The fraction of sp³-hybridized carbons (Fsp3) is 0.875. The number of piperidine rings is 1. The van der Waals surface area contributed by atoms with E-state index in [-0.39, 0.29) is 5.54 Å². The van der Waals surface area contributed by atoms with E-state index in [0.29, 0.717) is 5.41 Å². The number of hydrogen-bond donors (Lipinski definition) is 1. The molecule has 1 rings (SSSR count). The molecule has 2 heteroatoms. The van der Waals surface area contributed by atoms with Crippen LogP contribution < -0.4 is 5.32 Å². The summed E-state index contributed by atoms with van der Waals surface area (Å²) in [7, 11) is 0. The van der Waals surface area contributed by atoms with E-state index in [2.05, 4.69) is 44.5 Å². The molecule has 106 valence electrons. The van der Waals surface area contributed by atoms with Crippen molar-refractivity contribution in [1.29, 1.82) is 0 Å². The zero-order valence-corrected chi connectivity index (χ0v) is 12.9. The van der Waals surface area contributed by atoms with E-state index >= 15 is 0 Å². The average Bonchev–Trinajstić information content (AvgIpc) is 2.29. The first-order valence-corrected chi connectivity index (χ1v) is 7.50. The quantitative estimate of drug-likeness (QED) is 0.729. The number of nitrogens with one attached hydrogen (secondary N) is 1. The zero-order valence-electron chi connectivity index (χ0n) is 12.9. The molecule has 1 fully saturated rings. The van der Waals surface area contributed by atoms with Crippen molar-refractivity contribution < 1.29 is 0 Å². The summed E-state index contributed by atoms with van der Waals surface area (Å²) >= 11 is 0. The minimum atomic E-state index is 0.236. The van der Waals surface area contributed by atoms with Gasteiger partial charge in [0.1, 0.15) is 0 Å². The lowest BCUT2D eigenvalue weighted by Gasteiger charge is -2.45. The van der Waals surface area contributed by atoms with Crippen LogP contribution in [0.25, 0.3) is 0 Å². The third-order valence-corrected chi connectivity index (χ3v) is 4.27. The van der Waals surface area contributed by atoms with Gasteiger partial charge in [0.05, 0.1) is 0 Å². The molecule has 0 bridgehead atoms. The smallest absolute Gasteiger partial charge is 0.0166 e. The van der Waals surface area contributed by atoms with Crippen molar-refractivity contribution in [1.82, 2.24) is 10.2 Å². The van der Waals surface area contributed by atoms with Crippen molar-refractivity contribution in [2.24, 2.45) is 5.41 Å². The molecule has 1 heterocycles. The van der Waals surface area contributed by atoms with Gasteiger partial charge in [-0.1, -0.05) is 19.4 Å². The van der Waals surface area contributed by atoms with Crippen LogP contribution in [-0.2, 0) is 0 Å². The van der Waals surface area contributed by atoms with E-state index in [1.54, 1.807) is 0 Å². The molecule has 0 saturated carbocycles. The Hall–Kier alpha value is -0.340. The number of hydrogen-bond acceptors (Lipinski definition) is 2. The minimum Gasteiger partial charge on any atom is -0.317 e. The highest BCUT2D eigenvalue weighted by Gasteiger charge is 2.35. The average molecular weight is 252 g/mol. The normalized spacial score (nSPS) is 20.1. The molecule has 0 spiro atoms. The van der Waals surface area contributed by atoms with Crippen LogP contribution in [0.4, 0.5) is 0 Å². The van der Waals surface area contributed by atoms with Gasteiger partial charge in [-0.2, -0.15) is 0 Å². The van der Waals surface area contributed by atoms with Gasteiger partial charge < -0.3 is 5.32 Å². The second kappa shape index (κ2) is 6.72. The summed E-state index contributed by atoms with van der Waals surface area (Å²) in [6.45, 7) is 17.8. The van der Waals surface area contributed by atoms with E-state index in [9.17, 15) is 0 Å². The third kappa shape index (κ3) is 4.40. The van der Waals surface area contributed by atoms with Crippen LogP contribution in [0.1, 0.15) is 53.4 Å². The van der Waals surface area contributed by atoms with Crippen LogP contribution in [0.5, 0.6) is 0 Å². The number of nitrogens with zero attached hydrogens (tertiary/aromatic N) is 1. The molecule has 1 aliphatic heterocycles. The van der Waals surface area contributed by atoms with Crippen molar-refractivity contribution in [2.45, 2.75) is 58.9 Å². The van der Waals surface area contributed by atoms with Crippen LogP contribution in [0.15, 0.2) is 12.7 Å². The summed E-state index contributed by atoms with van der Waals surface area (Å²) in [6, 6.07) is 0. The molecule has 0 aromatic heterocycles. The van der Waals surface area contributed by atoms with Crippen LogP contribution in [0, 0.1) is 5.41 Å². The van der Waals surface area contributed by atoms with Gasteiger partial charge in [-0.05, 0) is 58.5 Å². The van der Waals surface area contributed by atoms with E-state index in [1.807, 2.05) is 6.08 Å². The SMILES string of the molecule is C=CCN(CC1(CCC)CCNCC1)C(C)(C)C. The Morgan fingerprint density at radius 2 is 1.89 bits per heavy atom. The summed E-state index contributed by atoms with van der Waals surface area (Å²) in [5.74, 6) is 0. The Bertz CT molecular complexity index is 241. The summed E-state index contributed by atoms with van der Waals surface area (Å²) in [5.41, 5.74) is 0.760. The Labute approximate surface area is 114 Å². The Morgan fingerprint density at radius 3 is 2.33 bits per heavy atom. The van der Waals surface area contributed by atoms with Gasteiger partial charge in [-0.3, -0.25) is 4.90 Å². The van der Waals surface area contributed by atoms with Gasteiger partial charge in [-0.15, -0.1) is 6.58 Å². The molecule has 0 radical (unpaired) electrons. The van der Waals surface area contributed by atoms with Crippen molar-refractivity contribution >= 4 is 0 Å². The Balaban J connectivity index is 2.75. The highest BCUT2D eigenvalue weighted by atomic mass is 15.2.